The van der Waals surface area contributed by atoms with Crippen LogP contribution in [0.15, 0.2) is 18.2 Å². The van der Waals surface area contributed by atoms with Crippen molar-refractivity contribution in [1.29, 1.82) is 0 Å². The van der Waals surface area contributed by atoms with E-state index < -0.39 is 17.0 Å². The summed E-state index contributed by atoms with van der Waals surface area (Å²) in [6.07, 6.45) is 1.55. The lowest BCUT2D eigenvalue weighted by Gasteiger charge is -2.12. The SMILES string of the molecule is NCC1(C(=O)Nc2ccc(O)c(F)c2)CC1. The van der Waals surface area contributed by atoms with Crippen LogP contribution in [0.25, 0.3) is 0 Å². The smallest absolute Gasteiger partial charge is 0.231 e. The van der Waals surface area contributed by atoms with E-state index in [0.29, 0.717) is 12.2 Å². The highest BCUT2D eigenvalue weighted by Gasteiger charge is 2.48. The van der Waals surface area contributed by atoms with E-state index in [-0.39, 0.29) is 5.91 Å². The molecule has 0 saturated heterocycles. The summed E-state index contributed by atoms with van der Waals surface area (Å²) in [6, 6.07) is 3.73. The van der Waals surface area contributed by atoms with Gasteiger partial charge in [0.25, 0.3) is 0 Å². The topological polar surface area (TPSA) is 75.4 Å². The first kappa shape index (κ1) is 10.9. The van der Waals surface area contributed by atoms with Crippen molar-refractivity contribution in [3.8, 4) is 5.75 Å². The molecule has 0 spiro atoms. The maximum absolute atomic E-state index is 13.0. The summed E-state index contributed by atoms with van der Waals surface area (Å²) in [4.78, 5) is 11.7. The van der Waals surface area contributed by atoms with Gasteiger partial charge in [-0.2, -0.15) is 0 Å². The highest BCUT2D eigenvalue weighted by molar-refractivity contribution is 5.97. The maximum atomic E-state index is 13.0. The Kier molecular flexibility index (Phi) is 2.55. The number of carbonyl (C=O) groups is 1. The van der Waals surface area contributed by atoms with Gasteiger partial charge in [0.15, 0.2) is 11.6 Å². The van der Waals surface area contributed by atoms with Crippen LogP contribution in [-0.4, -0.2) is 17.6 Å². The Morgan fingerprint density at radius 3 is 2.75 bits per heavy atom. The number of benzene rings is 1. The maximum Gasteiger partial charge on any atom is 0.231 e. The van der Waals surface area contributed by atoms with Crippen LogP contribution < -0.4 is 11.1 Å². The van der Waals surface area contributed by atoms with Crippen molar-refractivity contribution in [2.75, 3.05) is 11.9 Å². The first-order valence-corrected chi connectivity index (χ1v) is 5.07. The van der Waals surface area contributed by atoms with Gasteiger partial charge in [-0.15, -0.1) is 0 Å². The van der Waals surface area contributed by atoms with Crippen molar-refractivity contribution in [3.05, 3.63) is 24.0 Å². The van der Waals surface area contributed by atoms with Crippen LogP contribution in [0.4, 0.5) is 10.1 Å². The molecule has 5 heteroatoms. The van der Waals surface area contributed by atoms with E-state index in [1.807, 2.05) is 0 Å². The second-order valence-corrected chi connectivity index (χ2v) is 4.10. The molecule has 1 fully saturated rings. The number of rotatable bonds is 3. The molecule has 1 amide bonds. The van der Waals surface area contributed by atoms with Gasteiger partial charge in [-0.25, -0.2) is 4.39 Å². The third-order valence-electron chi connectivity index (χ3n) is 2.93. The highest BCUT2D eigenvalue weighted by Crippen LogP contribution is 2.45. The van der Waals surface area contributed by atoms with E-state index in [2.05, 4.69) is 5.32 Å². The van der Waals surface area contributed by atoms with E-state index >= 15 is 0 Å². The number of anilines is 1. The molecule has 86 valence electrons. The molecular formula is C11H13FN2O2. The van der Waals surface area contributed by atoms with E-state index in [9.17, 15) is 9.18 Å². The van der Waals surface area contributed by atoms with Crippen LogP contribution in [0.3, 0.4) is 0 Å². The summed E-state index contributed by atoms with van der Waals surface area (Å²) < 4.78 is 13.0. The predicted molar refractivity (Wildman–Crippen MR) is 57.4 cm³/mol. The largest absolute Gasteiger partial charge is 0.505 e. The molecule has 4 N–H and O–H groups in total. The summed E-state index contributed by atoms with van der Waals surface area (Å²) in [7, 11) is 0. The van der Waals surface area contributed by atoms with Crippen molar-refractivity contribution in [1.82, 2.24) is 0 Å². The highest BCUT2D eigenvalue weighted by atomic mass is 19.1. The van der Waals surface area contributed by atoms with Crippen LogP contribution in [0.1, 0.15) is 12.8 Å². The number of amides is 1. The first-order valence-electron chi connectivity index (χ1n) is 5.07. The molecule has 2 rings (SSSR count). The number of hydrogen-bond donors (Lipinski definition) is 3. The van der Waals surface area contributed by atoms with Crippen LogP contribution in [0, 0.1) is 11.2 Å². The Hall–Kier alpha value is -1.62. The zero-order valence-electron chi connectivity index (χ0n) is 8.66. The van der Waals surface area contributed by atoms with E-state index in [1.165, 1.54) is 12.1 Å². The van der Waals surface area contributed by atoms with Crippen molar-refractivity contribution >= 4 is 11.6 Å². The van der Waals surface area contributed by atoms with Crippen molar-refractivity contribution in [2.24, 2.45) is 11.1 Å². The zero-order valence-corrected chi connectivity index (χ0v) is 8.66. The molecule has 0 bridgehead atoms. The minimum atomic E-state index is -0.754. The van der Waals surface area contributed by atoms with Gasteiger partial charge in [-0.3, -0.25) is 4.79 Å². The van der Waals surface area contributed by atoms with E-state index in [0.717, 1.165) is 18.9 Å². The number of carbonyl (C=O) groups excluding carboxylic acids is 1. The number of phenolic OH excluding ortho intramolecular Hbond substituents is 1. The quantitative estimate of drug-likeness (QED) is 0.675. The molecule has 0 heterocycles. The minimum absolute atomic E-state index is 0.180. The van der Waals surface area contributed by atoms with Crippen LogP contribution in [-0.2, 0) is 4.79 Å². The Labute approximate surface area is 92.3 Å². The number of hydrogen-bond acceptors (Lipinski definition) is 3. The van der Waals surface area contributed by atoms with Crippen LogP contribution in [0.2, 0.25) is 0 Å². The summed E-state index contributed by atoms with van der Waals surface area (Å²) in [6.45, 7) is 0.305. The summed E-state index contributed by atoms with van der Waals surface area (Å²) in [5.41, 5.74) is 5.37. The van der Waals surface area contributed by atoms with Gasteiger partial charge in [0.05, 0.1) is 5.41 Å². The van der Waals surface area contributed by atoms with Gasteiger partial charge < -0.3 is 16.2 Å². The Morgan fingerprint density at radius 2 is 2.25 bits per heavy atom. The lowest BCUT2D eigenvalue weighted by molar-refractivity contribution is -0.120. The fourth-order valence-corrected chi connectivity index (χ4v) is 1.52. The lowest BCUT2D eigenvalue weighted by Crippen LogP contribution is -2.30. The molecule has 1 aromatic carbocycles. The van der Waals surface area contributed by atoms with Gasteiger partial charge in [0, 0.05) is 18.3 Å². The van der Waals surface area contributed by atoms with Crippen molar-refractivity contribution < 1.29 is 14.3 Å². The van der Waals surface area contributed by atoms with Crippen LogP contribution >= 0.6 is 0 Å². The van der Waals surface area contributed by atoms with E-state index in [4.69, 9.17) is 10.8 Å². The van der Waals surface area contributed by atoms with Gasteiger partial charge in [0.2, 0.25) is 5.91 Å². The number of aromatic hydroxyl groups is 1. The van der Waals surface area contributed by atoms with E-state index in [1.54, 1.807) is 0 Å². The molecule has 0 aromatic heterocycles. The molecule has 16 heavy (non-hydrogen) atoms. The summed E-state index contributed by atoms with van der Waals surface area (Å²) in [5.74, 6) is -1.37. The number of nitrogens with one attached hydrogen (secondary N) is 1. The molecule has 0 atom stereocenters. The van der Waals surface area contributed by atoms with Gasteiger partial charge in [-0.05, 0) is 25.0 Å². The molecule has 0 unspecified atom stereocenters. The minimum Gasteiger partial charge on any atom is -0.505 e. The molecule has 1 aliphatic rings. The fourth-order valence-electron chi connectivity index (χ4n) is 1.52. The standard InChI is InChI=1S/C11H13FN2O2/c12-8-5-7(1-2-9(8)15)14-10(16)11(6-13)3-4-11/h1-2,5,15H,3-4,6,13H2,(H,14,16). The number of phenols is 1. The molecule has 1 aliphatic carbocycles. The first-order chi connectivity index (χ1) is 7.57. The average molecular weight is 224 g/mol. The third-order valence-corrected chi connectivity index (χ3v) is 2.93. The number of halogens is 1. The Morgan fingerprint density at radius 1 is 1.56 bits per heavy atom. The second-order valence-electron chi connectivity index (χ2n) is 4.10. The second kappa shape index (κ2) is 3.75. The lowest BCUT2D eigenvalue weighted by atomic mass is 10.1. The summed E-state index contributed by atoms with van der Waals surface area (Å²) in [5, 5.41) is 11.6. The normalized spacial score (nSPS) is 16.9. The van der Waals surface area contributed by atoms with Crippen molar-refractivity contribution in [3.63, 3.8) is 0 Å². The van der Waals surface area contributed by atoms with Gasteiger partial charge >= 0.3 is 0 Å². The van der Waals surface area contributed by atoms with Crippen LogP contribution in [0.5, 0.6) is 5.75 Å². The summed E-state index contributed by atoms with van der Waals surface area (Å²) >= 11 is 0. The molecule has 4 nitrogen and oxygen atoms in total. The fraction of sp³-hybridized carbons (Fsp3) is 0.364. The van der Waals surface area contributed by atoms with Gasteiger partial charge in [-0.1, -0.05) is 0 Å². The predicted octanol–water partition coefficient (Wildman–Crippen LogP) is 1.21. The van der Waals surface area contributed by atoms with Gasteiger partial charge in [0.1, 0.15) is 0 Å². The molecule has 1 aromatic rings. The Balaban J connectivity index is 2.09. The Bertz CT molecular complexity index is 430. The third kappa shape index (κ3) is 1.86. The molecule has 0 radical (unpaired) electrons. The molecule has 1 saturated carbocycles. The monoisotopic (exact) mass is 224 g/mol. The number of nitrogens with two attached hydrogens (primary N) is 1. The average Bonchev–Trinajstić information content (AvgIpc) is 3.04. The molecule has 0 aliphatic heterocycles. The molecular weight excluding hydrogens is 211 g/mol. The zero-order chi connectivity index (χ0) is 11.8. The van der Waals surface area contributed by atoms with Crippen molar-refractivity contribution in [2.45, 2.75) is 12.8 Å².